The summed E-state index contributed by atoms with van der Waals surface area (Å²) in [4.78, 5) is 12.0. The molecule has 3 nitrogen and oxygen atoms in total. The van der Waals surface area contributed by atoms with Gasteiger partial charge in [-0.15, -0.1) is 0 Å². The molecule has 0 unspecified atom stereocenters. The Kier molecular flexibility index (Phi) is 3.16. The molecule has 0 saturated heterocycles. The third kappa shape index (κ3) is 2.20. The van der Waals surface area contributed by atoms with Crippen molar-refractivity contribution < 1.29 is 4.79 Å². The largest absolute Gasteiger partial charge is 0.351 e. The number of amides is 1. The first kappa shape index (κ1) is 13.4. The maximum Gasteiger partial charge on any atom is 0.221 e. The highest BCUT2D eigenvalue weighted by Crippen LogP contribution is 2.63. The van der Waals surface area contributed by atoms with E-state index in [9.17, 15) is 4.79 Å². The zero-order chi connectivity index (χ0) is 13.7. The first-order valence-electron chi connectivity index (χ1n) is 7.95. The van der Waals surface area contributed by atoms with Crippen LogP contribution in [0.25, 0.3) is 0 Å². The third-order valence-corrected chi connectivity index (χ3v) is 6.19. The number of carbonyl (C=O) groups excluding carboxylic acids is 1. The summed E-state index contributed by atoms with van der Waals surface area (Å²) in [6.45, 7) is 4.94. The lowest BCUT2D eigenvalue weighted by molar-refractivity contribution is -0.132. The van der Waals surface area contributed by atoms with Crippen LogP contribution in [0.15, 0.2) is 0 Å². The Hall–Kier alpha value is -0.570. The van der Waals surface area contributed by atoms with Gasteiger partial charge < -0.3 is 11.1 Å². The van der Waals surface area contributed by atoms with Crippen LogP contribution in [-0.4, -0.2) is 18.0 Å². The van der Waals surface area contributed by atoms with E-state index >= 15 is 0 Å². The van der Waals surface area contributed by atoms with E-state index in [0.29, 0.717) is 18.4 Å². The van der Waals surface area contributed by atoms with Gasteiger partial charge in [0.1, 0.15) is 0 Å². The first-order valence-corrected chi connectivity index (χ1v) is 7.95. The van der Waals surface area contributed by atoms with Gasteiger partial charge in [0, 0.05) is 18.5 Å². The maximum absolute atomic E-state index is 12.0. The van der Waals surface area contributed by atoms with Crippen molar-refractivity contribution in [3.05, 3.63) is 0 Å². The number of carbonyl (C=O) groups is 1. The SMILES string of the molecule is CC(C)(NC(=O)CCN)C12CC3CC(CC(C3)C1)C2. The number of hydrogen-bond acceptors (Lipinski definition) is 2. The van der Waals surface area contributed by atoms with Crippen molar-refractivity contribution in [2.75, 3.05) is 6.54 Å². The van der Waals surface area contributed by atoms with Gasteiger partial charge in [-0.3, -0.25) is 4.79 Å². The fraction of sp³-hybridized carbons (Fsp3) is 0.938. The fourth-order valence-corrected chi connectivity index (χ4v) is 5.55. The van der Waals surface area contributed by atoms with Crippen LogP contribution in [-0.2, 0) is 4.79 Å². The Morgan fingerprint density at radius 3 is 2.05 bits per heavy atom. The summed E-state index contributed by atoms with van der Waals surface area (Å²) in [5.41, 5.74) is 5.77. The second-order valence-corrected chi connectivity index (χ2v) is 7.91. The molecule has 0 aromatic carbocycles. The van der Waals surface area contributed by atoms with Gasteiger partial charge in [0.25, 0.3) is 0 Å². The van der Waals surface area contributed by atoms with Crippen LogP contribution in [0, 0.1) is 23.2 Å². The van der Waals surface area contributed by atoms with Gasteiger partial charge in [-0.25, -0.2) is 0 Å². The molecule has 0 aromatic heterocycles. The van der Waals surface area contributed by atoms with Crippen molar-refractivity contribution in [1.29, 1.82) is 0 Å². The molecule has 0 atom stereocenters. The number of hydrogen-bond donors (Lipinski definition) is 2. The van der Waals surface area contributed by atoms with Crippen molar-refractivity contribution >= 4 is 5.91 Å². The molecule has 3 heteroatoms. The smallest absolute Gasteiger partial charge is 0.221 e. The quantitative estimate of drug-likeness (QED) is 0.819. The Labute approximate surface area is 116 Å². The zero-order valence-corrected chi connectivity index (χ0v) is 12.4. The van der Waals surface area contributed by atoms with Gasteiger partial charge in [-0.1, -0.05) is 0 Å². The van der Waals surface area contributed by atoms with Crippen molar-refractivity contribution in [2.24, 2.45) is 28.9 Å². The van der Waals surface area contributed by atoms with E-state index in [2.05, 4.69) is 19.2 Å². The van der Waals surface area contributed by atoms with E-state index in [-0.39, 0.29) is 11.4 Å². The molecule has 0 heterocycles. The second kappa shape index (κ2) is 4.47. The van der Waals surface area contributed by atoms with Gasteiger partial charge in [0.05, 0.1) is 0 Å². The van der Waals surface area contributed by atoms with E-state index in [1.165, 1.54) is 38.5 Å². The van der Waals surface area contributed by atoms with E-state index in [1.54, 1.807) is 0 Å². The Bertz CT molecular complexity index is 340. The van der Waals surface area contributed by atoms with Gasteiger partial charge in [-0.05, 0) is 75.5 Å². The van der Waals surface area contributed by atoms with Crippen LogP contribution < -0.4 is 11.1 Å². The summed E-state index contributed by atoms with van der Waals surface area (Å²) in [5, 5.41) is 3.30. The molecule has 0 aliphatic heterocycles. The van der Waals surface area contributed by atoms with Crippen LogP contribution >= 0.6 is 0 Å². The molecule has 1 amide bonds. The molecule has 108 valence electrons. The first-order chi connectivity index (χ1) is 8.94. The minimum absolute atomic E-state index is 0.0741. The molecular formula is C16H28N2O. The van der Waals surface area contributed by atoms with E-state index < -0.39 is 0 Å². The predicted octanol–water partition coefficient (Wildman–Crippen LogP) is 2.45. The molecule has 0 spiro atoms. The number of nitrogens with two attached hydrogens (primary N) is 1. The van der Waals surface area contributed by atoms with Crippen LogP contribution in [0.2, 0.25) is 0 Å². The van der Waals surface area contributed by atoms with Gasteiger partial charge in [0.15, 0.2) is 0 Å². The summed E-state index contributed by atoms with van der Waals surface area (Å²) < 4.78 is 0. The monoisotopic (exact) mass is 264 g/mol. The zero-order valence-electron chi connectivity index (χ0n) is 12.4. The molecule has 3 N–H and O–H groups in total. The lowest BCUT2D eigenvalue weighted by atomic mass is 9.45. The standard InChI is InChI=1S/C16H28N2O/c1-15(2,18-14(19)3-4-17)16-8-11-5-12(9-16)7-13(6-11)10-16/h11-13H,3-10,17H2,1-2H3,(H,18,19). The fourth-order valence-electron chi connectivity index (χ4n) is 5.55. The molecule has 4 aliphatic carbocycles. The van der Waals surface area contributed by atoms with Gasteiger partial charge >= 0.3 is 0 Å². The summed E-state index contributed by atoms with van der Waals surface area (Å²) in [7, 11) is 0. The van der Waals surface area contributed by atoms with E-state index in [0.717, 1.165) is 17.8 Å². The van der Waals surface area contributed by atoms with Gasteiger partial charge in [-0.2, -0.15) is 0 Å². The van der Waals surface area contributed by atoms with E-state index in [4.69, 9.17) is 5.73 Å². The van der Waals surface area contributed by atoms with E-state index in [1.807, 2.05) is 0 Å². The maximum atomic E-state index is 12.0. The Morgan fingerprint density at radius 2 is 1.63 bits per heavy atom. The number of rotatable bonds is 4. The second-order valence-electron chi connectivity index (χ2n) is 7.91. The van der Waals surface area contributed by atoms with Crippen molar-refractivity contribution in [1.82, 2.24) is 5.32 Å². The minimum atomic E-state index is -0.0741. The molecule has 4 fully saturated rings. The average molecular weight is 264 g/mol. The average Bonchev–Trinajstić information content (AvgIpc) is 2.26. The topological polar surface area (TPSA) is 55.1 Å². The lowest BCUT2D eigenvalue weighted by Crippen LogP contribution is -2.62. The van der Waals surface area contributed by atoms with Crippen LogP contribution in [0.1, 0.15) is 58.8 Å². The molecule has 4 aliphatic rings. The Balaban J connectivity index is 1.78. The highest BCUT2D eigenvalue weighted by atomic mass is 16.1. The molecule has 19 heavy (non-hydrogen) atoms. The minimum Gasteiger partial charge on any atom is -0.351 e. The summed E-state index contributed by atoms with van der Waals surface area (Å²) in [6, 6.07) is 0. The summed E-state index contributed by atoms with van der Waals surface area (Å²) in [5.74, 6) is 2.91. The molecule has 0 aromatic rings. The summed E-state index contributed by atoms with van der Waals surface area (Å²) >= 11 is 0. The highest BCUT2D eigenvalue weighted by Gasteiger charge is 2.57. The van der Waals surface area contributed by atoms with Crippen molar-refractivity contribution in [3.63, 3.8) is 0 Å². The highest BCUT2D eigenvalue weighted by molar-refractivity contribution is 5.77. The van der Waals surface area contributed by atoms with Crippen LogP contribution in [0.5, 0.6) is 0 Å². The normalized spacial score (nSPS) is 40.5. The van der Waals surface area contributed by atoms with Crippen molar-refractivity contribution in [3.8, 4) is 0 Å². The van der Waals surface area contributed by atoms with Crippen LogP contribution in [0.4, 0.5) is 0 Å². The van der Waals surface area contributed by atoms with Crippen molar-refractivity contribution in [2.45, 2.75) is 64.3 Å². The predicted molar refractivity (Wildman–Crippen MR) is 76.5 cm³/mol. The third-order valence-electron chi connectivity index (χ3n) is 6.19. The molecule has 0 radical (unpaired) electrons. The molecule has 4 saturated carbocycles. The lowest BCUT2D eigenvalue weighted by Gasteiger charge is -2.62. The summed E-state index contributed by atoms with van der Waals surface area (Å²) in [6.07, 6.45) is 8.79. The molecule has 4 bridgehead atoms. The Morgan fingerprint density at radius 1 is 1.16 bits per heavy atom. The van der Waals surface area contributed by atoms with Crippen LogP contribution in [0.3, 0.4) is 0 Å². The van der Waals surface area contributed by atoms with Gasteiger partial charge in [0.2, 0.25) is 5.91 Å². The molecule has 4 rings (SSSR count). The number of nitrogens with one attached hydrogen (secondary N) is 1. The molecular weight excluding hydrogens is 236 g/mol.